The zero-order valence-corrected chi connectivity index (χ0v) is 10.6. The zero-order valence-electron chi connectivity index (χ0n) is 10.6. The molecule has 0 N–H and O–H groups in total. The van der Waals surface area contributed by atoms with Crippen LogP contribution in [-0.4, -0.2) is 29.2 Å². The van der Waals surface area contributed by atoms with E-state index < -0.39 is 5.60 Å². The topological polar surface area (TPSA) is 29.5 Å². The molecule has 2 aliphatic rings. The Morgan fingerprint density at radius 2 is 2.19 bits per heavy atom. The molecule has 90 valence electrons. The van der Waals surface area contributed by atoms with Crippen molar-refractivity contribution in [3.05, 3.63) is 12.7 Å². The maximum atomic E-state index is 12.0. The fourth-order valence-electron chi connectivity index (χ4n) is 2.67. The first kappa shape index (κ1) is 11.5. The molecule has 0 spiro atoms. The molecule has 1 aliphatic carbocycles. The first-order valence-electron chi connectivity index (χ1n) is 5.89. The van der Waals surface area contributed by atoms with Crippen LogP contribution in [0.5, 0.6) is 0 Å². The Balaban J connectivity index is 2.05. The van der Waals surface area contributed by atoms with E-state index in [2.05, 4.69) is 13.5 Å². The van der Waals surface area contributed by atoms with Crippen molar-refractivity contribution in [2.24, 2.45) is 11.3 Å². The number of ether oxygens (including phenoxy) is 1. The van der Waals surface area contributed by atoms with Crippen LogP contribution < -0.4 is 0 Å². The molecule has 2 fully saturated rings. The maximum absolute atomic E-state index is 12.0. The molecule has 1 aliphatic heterocycles. The Morgan fingerprint density at radius 3 is 2.69 bits per heavy atom. The predicted molar refractivity (Wildman–Crippen MR) is 63.1 cm³/mol. The normalized spacial score (nSPS) is 36.9. The first-order valence-corrected chi connectivity index (χ1v) is 5.89. The molecule has 1 saturated carbocycles. The predicted octanol–water partition coefficient (Wildman–Crippen LogP) is 2.82. The van der Waals surface area contributed by atoms with Gasteiger partial charge in [0.05, 0.1) is 6.04 Å². The third-order valence-corrected chi connectivity index (χ3v) is 3.59. The first-order chi connectivity index (χ1) is 7.27. The van der Waals surface area contributed by atoms with E-state index in [4.69, 9.17) is 4.74 Å². The number of likely N-dealkylation sites (tertiary alicyclic amines) is 1. The number of fused-ring (bicyclic) bond motifs is 1. The molecule has 0 radical (unpaired) electrons. The van der Waals surface area contributed by atoms with Gasteiger partial charge >= 0.3 is 6.09 Å². The molecule has 0 aromatic rings. The Bertz CT molecular complexity index is 331. The average molecular weight is 223 g/mol. The lowest BCUT2D eigenvalue weighted by molar-refractivity contribution is 0.0219. The zero-order chi connectivity index (χ0) is 12.1. The van der Waals surface area contributed by atoms with Gasteiger partial charge < -0.3 is 9.64 Å². The largest absolute Gasteiger partial charge is 0.444 e. The van der Waals surface area contributed by atoms with Crippen LogP contribution in [0.3, 0.4) is 0 Å². The van der Waals surface area contributed by atoms with Gasteiger partial charge in [-0.3, -0.25) is 0 Å². The lowest BCUT2D eigenvalue weighted by Crippen LogP contribution is -2.41. The van der Waals surface area contributed by atoms with Gasteiger partial charge in [0.1, 0.15) is 5.60 Å². The maximum Gasteiger partial charge on any atom is 0.410 e. The highest BCUT2D eigenvalue weighted by molar-refractivity contribution is 5.70. The highest BCUT2D eigenvalue weighted by Gasteiger charge is 2.62. The van der Waals surface area contributed by atoms with E-state index in [0.29, 0.717) is 11.3 Å². The highest BCUT2D eigenvalue weighted by Crippen LogP contribution is 2.60. The van der Waals surface area contributed by atoms with Gasteiger partial charge in [-0.15, -0.1) is 6.58 Å². The molecular weight excluding hydrogens is 202 g/mol. The van der Waals surface area contributed by atoms with Crippen LogP contribution in [-0.2, 0) is 4.74 Å². The highest BCUT2D eigenvalue weighted by atomic mass is 16.6. The fourth-order valence-corrected chi connectivity index (χ4v) is 2.67. The van der Waals surface area contributed by atoms with Gasteiger partial charge in [0.2, 0.25) is 0 Å². The van der Waals surface area contributed by atoms with Gasteiger partial charge in [0, 0.05) is 6.54 Å². The van der Waals surface area contributed by atoms with Crippen LogP contribution in [0.25, 0.3) is 0 Å². The molecule has 3 atom stereocenters. The van der Waals surface area contributed by atoms with Gasteiger partial charge in [-0.2, -0.15) is 0 Å². The average Bonchev–Trinajstić information content (AvgIpc) is 2.67. The van der Waals surface area contributed by atoms with E-state index in [9.17, 15) is 4.79 Å². The second kappa shape index (κ2) is 3.25. The summed E-state index contributed by atoms with van der Waals surface area (Å²) >= 11 is 0. The molecule has 0 bridgehead atoms. The minimum Gasteiger partial charge on any atom is -0.444 e. The number of hydrogen-bond acceptors (Lipinski definition) is 2. The van der Waals surface area contributed by atoms with Crippen LogP contribution in [0, 0.1) is 11.3 Å². The molecular formula is C13H21NO2. The van der Waals surface area contributed by atoms with Gasteiger partial charge in [-0.05, 0) is 38.5 Å². The Hall–Kier alpha value is -0.990. The quantitative estimate of drug-likeness (QED) is 0.640. The second-order valence-electron chi connectivity index (χ2n) is 6.30. The number of carbonyl (C=O) groups excluding carboxylic acids is 1. The molecule has 2 rings (SSSR count). The second-order valence-corrected chi connectivity index (χ2v) is 6.30. The van der Waals surface area contributed by atoms with Gasteiger partial charge in [0.25, 0.3) is 0 Å². The Morgan fingerprint density at radius 1 is 1.56 bits per heavy atom. The van der Waals surface area contributed by atoms with Crippen molar-refractivity contribution >= 4 is 6.09 Å². The third kappa shape index (κ3) is 1.83. The summed E-state index contributed by atoms with van der Waals surface area (Å²) in [4.78, 5) is 13.8. The molecule has 1 amide bonds. The lowest BCUT2D eigenvalue weighted by atomic mass is 10.1. The molecule has 1 heterocycles. The van der Waals surface area contributed by atoms with Crippen molar-refractivity contribution in [2.45, 2.75) is 45.8 Å². The van der Waals surface area contributed by atoms with E-state index in [1.807, 2.05) is 31.7 Å². The number of amides is 1. The van der Waals surface area contributed by atoms with Gasteiger partial charge in [-0.25, -0.2) is 4.79 Å². The van der Waals surface area contributed by atoms with Crippen molar-refractivity contribution in [2.75, 3.05) is 6.54 Å². The number of piperidine rings is 1. The minimum atomic E-state index is -0.420. The minimum absolute atomic E-state index is 0.167. The van der Waals surface area contributed by atoms with Crippen LogP contribution >= 0.6 is 0 Å². The number of hydrogen-bond donors (Lipinski definition) is 0. The van der Waals surface area contributed by atoms with Crippen molar-refractivity contribution in [1.29, 1.82) is 0 Å². The van der Waals surface area contributed by atoms with Gasteiger partial charge in [-0.1, -0.05) is 13.0 Å². The standard InChI is InChI=1S/C13H21NO2/c1-6-10-9-7-13(9,5)8-14(10)11(15)16-12(2,3)4/h6,9-10H,1,7-8H2,2-5H3/t9-,10-,13+/m1/s1. The van der Waals surface area contributed by atoms with E-state index >= 15 is 0 Å². The summed E-state index contributed by atoms with van der Waals surface area (Å²) in [6, 6.07) is 0.167. The lowest BCUT2D eigenvalue weighted by Gasteiger charge is -2.29. The van der Waals surface area contributed by atoms with E-state index in [1.165, 1.54) is 6.42 Å². The van der Waals surface area contributed by atoms with Gasteiger partial charge in [0.15, 0.2) is 0 Å². The summed E-state index contributed by atoms with van der Waals surface area (Å²) in [6.07, 6.45) is 2.89. The molecule has 0 unspecified atom stereocenters. The van der Waals surface area contributed by atoms with E-state index in [0.717, 1.165) is 6.54 Å². The number of carbonyl (C=O) groups is 1. The van der Waals surface area contributed by atoms with Crippen molar-refractivity contribution in [3.8, 4) is 0 Å². The third-order valence-electron chi connectivity index (χ3n) is 3.59. The molecule has 3 nitrogen and oxygen atoms in total. The van der Waals surface area contributed by atoms with Crippen LogP contribution in [0.15, 0.2) is 12.7 Å². The monoisotopic (exact) mass is 223 g/mol. The van der Waals surface area contributed by atoms with Crippen LogP contribution in [0.2, 0.25) is 0 Å². The summed E-state index contributed by atoms with van der Waals surface area (Å²) in [6.45, 7) is 12.6. The summed E-state index contributed by atoms with van der Waals surface area (Å²) in [5.41, 5.74) is -0.105. The van der Waals surface area contributed by atoms with Crippen molar-refractivity contribution < 1.29 is 9.53 Å². The van der Waals surface area contributed by atoms with Crippen molar-refractivity contribution in [3.63, 3.8) is 0 Å². The molecule has 0 aromatic heterocycles. The smallest absolute Gasteiger partial charge is 0.410 e. The van der Waals surface area contributed by atoms with E-state index in [-0.39, 0.29) is 12.1 Å². The van der Waals surface area contributed by atoms with Crippen LogP contribution in [0.4, 0.5) is 4.79 Å². The molecule has 1 saturated heterocycles. The fraction of sp³-hybridized carbons (Fsp3) is 0.769. The summed E-state index contributed by atoms with van der Waals surface area (Å²) in [5, 5.41) is 0. The Kier molecular flexibility index (Phi) is 2.34. The summed E-state index contributed by atoms with van der Waals surface area (Å²) < 4.78 is 5.41. The summed E-state index contributed by atoms with van der Waals surface area (Å²) in [5.74, 6) is 0.595. The Labute approximate surface area is 97.5 Å². The number of nitrogens with zero attached hydrogens (tertiary/aromatic N) is 1. The SMILES string of the molecule is C=C[C@@H]1[C@H]2C[C@@]2(C)CN1C(=O)OC(C)(C)C. The molecule has 0 aromatic carbocycles. The van der Waals surface area contributed by atoms with Crippen molar-refractivity contribution in [1.82, 2.24) is 4.90 Å². The summed E-state index contributed by atoms with van der Waals surface area (Å²) in [7, 11) is 0. The number of rotatable bonds is 1. The van der Waals surface area contributed by atoms with Crippen LogP contribution in [0.1, 0.15) is 34.1 Å². The molecule has 16 heavy (non-hydrogen) atoms. The van der Waals surface area contributed by atoms with E-state index in [1.54, 1.807) is 0 Å². The molecule has 3 heteroatoms.